The van der Waals surface area contributed by atoms with E-state index in [9.17, 15) is 14.7 Å². The molecule has 2 unspecified atom stereocenters. The fraction of sp³-hybridized carbons (Fsp3) is 0.276. The van der Waals surface area contributed by atoms with Crippen LogP contribution in [-0.4, -0.2) is 53.9 Å². The molecule has 9 nitrogen and oxygen atoms in total. The molecule has 0 bridgehead atoms. The number of imidazole rings is 1. The maximum atomic E-state index is 14.1. The summed E-state index contributed by atoms with van der Waals surface area (Å²) in [6, 6.07) is 19.8. The Morgan fingerprint density at radius 2 is 1.66 bits per heavy atom. The van der Waals surface area contributed by atoms with Crippen LogP contribution in [-0.2, 0) is 20.7 Å². The van der Waals surface area contributed by atoms with E-state index in [1.54, 1.807) is 24.0 Å². The molecule has 2 heterocycles. The number of nitrogens with zero attached hydrogens (tertiary/aromatic N) is 3. The van der Waals surface area contributed by atoms with Gasteiger partial charge in [-0.25, -0.2) is 4.98 Å². The molecule has 0 aliphatic carbocycles. The highest BCUT2D eigenvalue weighted by atomic mass is 16.5. The average molecular weight is 516 g/mol. The van der Waals surface area contributed by atoms with Crippen LogP contribution in [0.2, 0.25) is 0 Å². The van der Waals surface area contributed by atoms with Gasteiger partial charge in [-0.3, -0.25) is 14.5 Å². The van der Waals surface area contributed by atoms with E-state index >= 15 is 0 Å². The number of aromatic hydroxyl groups is 1. The molecule has 1 N–H and O–H groups in total. The first-order valence-electron chi connectivity index (χ1n) is 12.4. The molecule has 196 valence electrons. The Morgan fingerprint density at radius 3 is 2.32 bits per heavy atom. The summed E-state index contributed by atoms with van der Waals surface area (Å²) < 4.78 is 18.1. The van der Waals surface area contributed by atoms with Gasteiger partial charge in [0.1, 0.15) is 0 Å². The monoisotopic (exact) mass is 515 g/mol. The topological polar surface area (TPSA) is 103 Å². The lowest BCUT2D eigenvalue weighted by molar-refractivity contribution is -0.153. The highest BCUT2D eigenvalue weighted by Gasteiger charge is 2.48. The zero-order valence-corrected chi connectivity index (χ0v) is 21.5. The summed E-state index contributed by atoms with van der Waals surface area (Å²) in [6.45, 7) is 2.16. The molecule has 0 fully saturated rings. The van der Waals surface area contributed by atoms with E-state index < -0.39 is 23.8 Å². The number of hydrogen-bond acceptors (Lipinski definition) is 7. The number of rotatable bonds is 8. The standard InChI is InChI=1S/C29H29N3O6/c1-4-38-28(35)24-25(19-16-22(36-2)26(33)23(17-19)37-3)32-21-13-9-8-12-20(21)30-29(32)31(27(24)34)15-14-18-10-6-5-7-11-18/h5-13,16-17,24-25,33H,4,14-15H2,1-3H3. The third kappa shape index (κ3) is 4.30. The predicted molar refractivity (Wildman–Crippen MR) is 142 cm³/mol. The van der Waals surface area contributed by atoms with Crippen molar-refractivity contribution in [3.63, 3.8) is 0 Å². The van der Waals surface area contributed by atoms with E-state index in [1.165, 1.54) is 14.2 Å². The SMILES string of the molecule is CCOC(=O)C1C(=O)N(CCc2ccccc2)c2nc3ccccc3n2C1c1cc(OC)c(O)c(OC)c1. The van der Waals surface area contributed by atoms with Crippen molar-refractivity contribution in [2.24, 2.45) is 5.92 Å². The van der Waals surface area contributed by atoms with Crippen molar-refractivity contribution in [1.29, 1.82) is 0 Å². The fourth-order valence-electron chi connectivity index (χ4n) is 5.03. The number of fused-ring (bicyclic) bond motifs is 3. The second-order valence-corrected chi connectivity index (χ2v) is 8.94. The van der Waals surface area contributed by atoms with Crippen molar-refractivity contribution in [3.05, 3.63) is 77.9 Å². The minimum atomic E-state index is -1.20. The van der Waals surface area contributed by atoms with Gasteiger partial charge in [-0.05, 0) is 48.7 Å². The third-order valence-corrected chi connectivity index (χ3v) is 6.80. The van der Waals surface area contributed by atoms with Crippen molar-refractivity contribution in [1.82, 2.24) is 9.55 Å². The van der Waals surface area contributed by atoms with Gasteiger partial charge in [0.15, 0.2) is 17.4 Å². The van der Waals surface area contributed by atoms with Gasteiger partial charge in [0, 0.05) is 6.54 Å². The summed E-state index contributed by atoms with van der Waals surface area (Å²) in [5, 5.41) is 10.5. The molecule has 38 heavy (non-hydrogen) atoms. The lowest BCUT2D eigenvalue weighted by atomic mass is 9.88. The number of phenols is 1. The number of amides is 1. The Labute approximate surface area is 220 Å². The summed E-state index contributed by atoms with van der Waals surface area (Å²) in [4.78, 5) is 34.0. The number of ether oxygens (including phenoxy) is 3. The first-order chi connectivity index (χ1) is 18.5. The molecular formula is C29H29N3O6. The van der Waals surface area contributed by atoms with Gasteiger partial charge in [-0.1, -0.05) is 42.5 Å². The number of methoxy groups -OCH3 is 2. The first kappa shape index (κ1) is 25.1. The summed E-state index contributed by atoms with van der Waals surface area (Å²) in [5.41, 5.74) is 3.04. The molecule has 9 heteroatoms. The number of benzene rings is 3. The van der Waals surface area contributed by atoms with Crippen LogP contribution < -0.4 is 14.4 Å². The van der Waals surface area contributed by atoms with Crippen LogP contribution >= 0.6 is 0 Å². The number of esters is 1. The van der Waals surface area contributed by atoms with Gasteiger partial charge >= 0.3 is 5.97 Å². The summed E-state index contributed by atoms with van der Waals surface area (Å²) in [5.74, 6) is -1.66. The summed E-state index contributed by atoms with van der Waals surface area (Å²) in [6.07, 6.45) is 0.580. The Balaban J connectivity index is 1.73. The van der Waals surface area contributed by atoms with Crippen LogP contribution in [0.4, 0.5) is 5.95 Å². The normalized spacial score (nSPS) is 16.8. The molecule has 4 aromatic rings. The average Bonchev–Trinajstić information content (AvgIpc) is 3.32. The molecular weight excluding hydrogens is 486 g/mol. The second-order valence-electron chi connectivity index (χ2n) is 8.94. The van der Waals surface area contributed by atoms with Crippen molar-refractivity contribution in [2.75, 3.05) is 32.3 Å². The van der Waals surface area contributed by atoms with Gasteiger partial charge < -0.3 is 23.9 Å². The van der Waals surface area contributed by atoms with Crippen LogP contribution in [0, 0.1) is 5.92 Å². The highest BCUT2D eigenvalue weighted by Crippen LogP contribution is 2.46. The van der Waals surface area contributed by atoms with Crippen LogP contribution in [0.5, 0.6) is 17.2 Å². The van der Waals surface area contributed by atoms with Gasteiger partial charge in [-0.15, -0.1) is 0 Å². The van der Waals surface area contributed by atoms with E-state index in [4.69, 9.17) is 19.2 Å². The van der Waals surface area contributed by atoms with Crippen molar-refractivity contribution >= 4 is 28.9 Å². The smallest absolute Gasteiger partial charge is 0.321 e. The number of hydrogen-bond donors (Lipinski definition) is 1. The molecule has 1 aromatic heterocycles. The first-order valence-corrected chi connectivity index (χ1v) is 12.4. The molecule has 0 spiro atoms. The second kappa shape index (κ2) is 10.5. The molecule has 0 saturated carbocycles. The number of para-hydroxylation sites is 2. The van der Waals surface area contributed by atoms with Crippen LogP contribution in [0.3, 0.4) is 0 Å². The predicted octanol–water partition coefficient (Wildman–Crippen LogP) is 4.12. The zero-order chi connectivity index (χ0) is 26.8. The van der Waals surface area contributed by atoms with Gasteiger partial charge in [-0.2, -0.15) is 0 Å². The van der Waals surface area contributed by atoms with E-state index in [0.29, 0.717) is 30.0 Å². The minimum absolute atomic E-state index is 0.124. The van der Waals surface area contributed by atoms with E-state index in [1.807, 2.05) is 59.2 Å². The highest BCUT2D eigenvalue weighted by molar-refractivity contribution is 6.08. The molecule has 1 aliphatic heterocycles. The molecule has 0 radical (unpaired) electrons. The van der Waals surface area contributed by atoms with Crippen molar-refractivity contribution in [3.8, 4) is 17.2 Å². The number of phenolic OH excluding ortho intramolecular Hbond substituents is 1. The molecule has 3 aromatic carbocycles. The van der Waals surface area contributed by atoms with Gasteiger partial charge in [0.05, 0.1) is 37.9 Å². The molecule has 1 aliphatic rings. The number of carbonyl (C=O) groups excluding carboxylic acids is 2. The van der Waals surface area contributed by atoms with E-state index in [2.05, 4.69) is 0 Å². The maximum absolute atomic E-state index is 14.1. The lowest BCUT2D eigenvalue weighted by Crippen LogP contribution is -2.50. The van der Waals surface area contributed by atoms with Crippen molar-refractivity contribution in [2.45, 2.75) is 19.4 Å². The maximum Gasteiger partial charge on any atom is 0.321 e. The van der Waals surface area contributed by atoms with Crippen molar-refractivity contribution < 1.29 is 28.9 Å². The quantitative estimate of drug-likeness (QED) is 0.278. The molecule has 0 saturated heterocycles. The zero-order valence-electron chi connectivity index (χ0n) is 21.5. The number of carbonyl (C=O) groups is 2. The van der Waals surface area contributed by atoms with Crippen LogP contribution in [0.15, 0.2) is 66.7 Å². The summed E-state index contributed by atoms with van der Waals surface area (Å²) >= 11 is 0. The molecule has 5 rings (SSSR count). The molecule has 2 atom stereocenters. The van der Waals surface area contributed by atoms with E-state index in [-0.39, 0.29) is 23.9 Å². The Morgan fingerprint density at radius 1 is 1.00 bits per heavy atom. The lowest BCUT2D eigenvalue weighted by Gasteiger charge is -2.38. The van der Waals surface area contributed by atoms with Gasteiger partial charge in [0.25, 0.3) is 0 Å². The Kier molecular flexibility index (Phi) is 6.91. The Hall–Kier alpha value is -4.53. The number of anilines is 1. The number of aromatic nitrogens is 2. The summed E-state index contributed by atoms with van der Waals surface area (Å²) in [7, 11) is 2.85. The third-order valence-electron chi connectivity index (χ3n) is 6.80. The minimum Gasteiger partial charge on any atom is -0.502 e. The van der Waals surface area contributed by atoms with Crippen LogP contribution in [0.25, 0.3) is 11.0 Å². The van der Waals surface area contributed by atoms with Crippen LogP contribution in [0.1, 0.15) is 24.1 Å². The molecule has 1 amide bonds. The Bertz CT molecular complexity index is 1460. The van der Waals surface area contributed by atoms with Gasteiger partial charge in [0.2, 0.25) is 17.6 Å². The largest absolute Gasteiger partial charge is 0.502 e. The van der Waals surface area contributed by atoms with E-state index in [0.717, 1.165) is 11.1 Å². The fourth-order valence-corrected chi connectivity index (χ4v) is 5.03.